The maximum Gasteiger partial charge on any atom is 0.251 e. The Morgan fingerprint density at radius 1 is 1.05 bits per heavy atom. The first-order valence-corrected chi connectivity index (χ1v) is 7.74. The monoisotopic (exact) mass is 406 g/mol. The summed E-state index contributed by atoms with van der Waals surface area (Å²) in [6.07, 6.45) is 3.18. The standard InChI is InChI=1S/C17H15IN2O2/c1-19-17(22)13-9-6-12(7-10-13)8-11-16(21)20-15-5-3-2-4-14(15)18/h2-11H,1H3,(H,19,22)(H,20,21). The van der Waals surface area contributed by atoms with Gasteiger partial charge in [-0.2, -0.15) is 0 Å². The summed E-state index contributed by atoms with van der Waals surface area (Å²) < 4.78 is 0.983. The molecule has 0 aromatic heterocycles. The molecule has 0 bridgehead atoms. The molecule has 0 aliphatic heterocycles. The zero-order valence-corrected chi connectivity index (χ0v) is 14.1. The molecule has 112 valence electrons. The normalized spacial score (nSPS) is 10.5. The number of carbonyl (C=O) groups excluding carboxylic acids is 2. The first kappa shape index (κ1) is 16.2. The zero-order valence-electron chi connectivity index (χ0n) is 12.0. The number of rotatable bonds is 4. The lowest BCUT2D eigenvalue weighted by molar-refractivity contribution is -0.111. The summed E-state index contributed by atoms with van der Waals surface area (Å²) in [4.78, 5) is 23.3. The third-order valence-electron chi connectivity index (χ3n) is 2.96. The Morgan fingerprint density at radius 3 is 2.36 bits per heavy atom. The first-order valence-electron chi connectivity index (χ1n) is 6.66. The van der Waals surface area contributed by atoms with Crippen LogP contribution in [0.2, 0.25) is 0 Å². The van der Waals surface area contributed by atoms with Crippen molar-refractivity contribution in [3.63, 3.8) is 0 Å². The molecule has 4 nitrogen and oxygen atoms in total. The molecule has 0 fully saturated rings. The molecule has 2 amide bonds. The maximum absolute atomic E-state index is 11.9. The molecule has 0 atom stereocenters. The molecule has 0 heterocycles. The molecule has 22 heavy (non-hydrogen) atoms. The minimum atomic E-state index is -0.195. The lowest BCUT2D eigenvalue weighted by atomic mass is 10.1. The van der Waals surface area contributed by atoms with Gasteiger partial charge < -0.3 is 10.6 Å². The molecule has 0 unspecified atom stereocenters. The fourth-order valence-corrected chi connectivity index (χ4v) is 2.32. The van der Waals surface area contributed by atoms with E-state index in [-0.39, 0.29) is 11.8 Å². The van der Waals surface area contributed by atoms with Crippen LogP contribution in [0.4, 0.5) is 5.69 Å². The van der Waals surface area contributed by atoms with Gasteiger partial charge in [0.1, 0.15) is 0 Å². The van der Waals surface area contributed by atoms with Crippen molar-refractivity contribution < 1.29 is 9.59 Å². The van der Waals surface area contributed by atoms with Gasteiger partial charge in [0.2, 0.25) is 5.91 Å². The molecule has 0 saturated heterocycles. The minimum absolute atomic E-state index is 0.132. The maximum atomic E-state index is 11.9. The molecule has 5 heteroatoms. The smallest absolute Gasteiger partial charge is 0.251 e. The minimum Gasteiger partial charge on any atom is -0.355 e. The molecule has 2 aromatic rings. The van der Waals surface area contributed by atoms with E-state index >= 15 is 0 Å². The van der Waals surface area contributed by atoms with Crippen LogP contribution in [0.3, 0.4) is 0 Å². The second-order valence-corrected chi connectivity index (χ2v) is 5.67. The fourth-order valence-electron chi connectivity index (χ4n) is 1.80. The fraction of sp³-hybridized carbons (Fsp3) is 0.0588. The summed E-state index contributed by atoms with van der Waals surface area (Å²) >= 11 is 2.17. The van der Waals surface area contributed by atoms with E-state index in [1.54, 1.807) is 37.4 Å². The number of para-hydroxylation sites is 1. The van der Waals surface area contributed by atoms with Gasteiger partial charge in [0.15, 0.2) is 0 Å². The number of hydrogen-bond donors (Lipinski definition) is 2. The van der Waals surface area contributed by atoms with Gasteiger partial charge in [-0.1, -0.05) is 24.3 Å². The van der Waals surface area contributed by atoms with Gasteiger partial charge in [0.05, 0.1) is 5.69 Å². The van der Waals surface area contributed by atoms with Gasteiger partial charge >= 0.3 is 0 Å². The van der Waals surface area contributed by atoms with Crippen molar-refractivity contribution in [2.24, 2.45) is 0 Å². The second kappa shape index (κ2) is 7.74. The van der Waals surface area contributed by atoms with E-state index in [0.29, 0.717) is 5.56 Å². The van der Waals surface area contributed by atoms with E-state index in [2.05, 4.69) is 33.2 Å². The highest BCUT2D eigenvalue weighted by atomic mass is 127. The first-order chi connectivity index (χ1) is 10.6. The summed E-state index contributed by atoms with van der Waals surface area (Å²) in [6, 6.07) is 14.6. The number of halogens is 1. The Labute approximate surface area is 142 Å². The van der Waals surface area contributed by atoms with Gasteiger partial charge in [-0.15, -0.1) is 0 Å². The Morgan fingerprint density at radius 2 is 1.73 bits per heavy atom. The van der Waals surface area contributed by atoms with Crippen molar-refractivity contribution in [3.8, 4) is 0 Å². The highest BCUT2D eigenvalue weighted by Crippen LogP contribution is 2.17. The van der Waals surface area contributed by atoms with Crippen molar-refractivity contribution in [3.05, 3.63) is 69.3 Å². The average molecular weight is 406 g/mol. The Hall–Kier alpha value is -2.15. The van der Waals surface area contributed by atoms with Crippen LogP contribution >= 0.6 is 22.6 Å². The largest absolute Gasteiger partial charge is 0.355 e. The lowest BCUT2D eigenvalue weighted by Crippen LogP contribution is -2.17. The zero-order chi connectivity index (χ0) is 15.9. The van der Waals surface area contributed by atoms with Crippen LogP contribution in [0.1, 0.15) is 15.9 Å². The van der Waals surface area contributed by atoms with E-state index in [4.69, 9.17) is 0 Å². The van der Waals surface area contributed by atoms with Crippen LogP contribution in [-0.2, 0) is 4.79 Å². The molecule has 0 spiro atoms. The van der Waals surface area contributed by atoms with Gasteiger partial charge in [-0.05, 0) is 58.5 Å². The van der Waals surface area contributed by atoms with Crippen molar-refractivity contribution >= 4 is 46.2 Å². The van der Waals surface area contributed by atoms with E-state index in [1.165, 1.54) is 6.08 Å². The molecular weight excluding hydrogens is 391 g/mol. The Balaban J connectivity index is 2.01. The molecule has 0 aliphatic rings. The van der Waals surface area contributed by atoms with Crippen LogP contribution in [-0.4, -0.2) is 18.9 Å². The summed E-state index contributed by atoms with van der Waals surface area (Å²) in [5.41, 5.74) is 2.22. The molecule has 0 saturated carbocycles. The highest BCUT2D eigenvalue weighted by Gasteiger charge is 2.03. The topological polar surface area (TPSA) is 58.2 Å². The second-order valence-electron chi connectivity index (χ2n) is 4.50. The number of hydrogen-bond acceptors (Lipinski definition) is 2. The van der Waals surface area contributed by atoms with Crippen molar-refractivity contribution in [2.45, 2.75) is 0 Å². The number of anilines is 1. The highest BCUT2D eigenvalue weighted by molar-refractivity contribution is 14.1. The molecular formula is C17H15IN2O2. The predicted octanol–water partition coefficient (Wildman–Crippen LogP) is 3.30. The summed E-state index contributed by atoms with van der Waals surface area (Å²) in [5.74, 6) is -0.327. The average Bonchev–Trinajstić information content (AvgIpc) is 2.55. The molecule has 2 N–H and O–H groups in total. The van der Waals surface area contributed by atoms with E-state index in [0.717, 1.165) is 14.8 Å². The van der Waals surface area contributed by atoms with Gasteiger partial charge in [-0.3, -0.25) is 9.59 Å². The third kappa shape index (κ3) is 4.42. The molecule has 2 rings (SSSR count). The summed E-state index contributed by atoms with van der Waals surface area (Å²) in [5, 5.41) is 5.38. The van der Waals surface area contributed by atoms with Crippen molar-refractivity contribution in [1.82, 2.24) is 5.32 Å². The van der Waals surface area contributed by atoms with Crippen LogP contribution in [0.5, 0.6) is 0 Å². The third-order valence-corrected chi connectivity index (χ3v) is 3.90. The van der Waals surface area contributed by atoms with Crippen molar-refractivity contribution in [1.29, 1.82) is 0 Å². The number of carbonyl (C=O) groups is 2. The van der Waals surface area contributed by atoms with Gasteiger partial charge in [-0.25, -0.2) is 0 Å². The van der Waals surface area contributed by atoms with Gasteiger partial charge in [0, 0.05) is 22.3 Å². The van der Waals surface area contributed by atoms with E-state index in [9.17, 15) is 9.59 Å². The van der Waals surface area contributed by atoms with Crippen LogP contribution in [0, 0.1) is 3.57 Å². The van der Waals surface area contributed by atoms with Crippen LogP contribution in [0.25, 0.3) is 6.08 Å². The van der Waals surface area contributed by atoms with Crippen LogP contribution < -0.4 is 10.6 Å². The quantitative estimate of drug-likeness (QED) is 0.605. The Bertz CT molecular complexity index is 709. The lowest BCUT2D eigenvalue weighted by Gasteiger charge is -2.04. The summed E-state index contributed by atoms with van der Waals surface area (Å²) in [7, 11) is 1.59. The molecule has 0 aliphatic carbocycles. The SMILES string of the molecule is CNC(=O)c1ccc(C=CC(=O)Nc2ccccc2I)cc1. The number of amides is 2. The van der Waals surface area contributed by atoms with E-state index < -0.39 is 0 Å². The summed E-state index contributed by atoms with van der Waals surface area (Å²) in [6.45, 7) is 0. The predicted molar refractivity (Wildman–Crippen MR) is 96.7 cm³/mol. The van der Waals surface area contributed by atoms with Crippen molar-refractivity contribution in [2.75, 3.05) is 12.4 Å². The van der Waals surface area contributed by atoms with Crippen LogP contribution in [0.15, 0.2) is 54.6 Å². The Kier molecular flexibility index (Phi) is 5.71. The molecule has 0 radical (unpaired) electrons. The van der Waals surface area contributed by atoms with E-state index in [1.807, 2.05) is 24.3 Å². The molecule has 2 aromatic carbocycles. The number of nitrogens with one attached hydrogen (secondary N) is 2. The number of benzene rings is 2. The van der Waals surface area contributed by atoms with Gasteiger partial charge in [0.25, 0.3) is 5.91 Å².